The molecule has 0 saturated heterocycles. The standard InChI is InChI=1S/C2H2ClF2O/c3-2(5,6)1-4/h1H2. The van der Waals surface area contributed by atoms with Crippen molar-refractivity contribution in [3.63, 3.8) is 0 Å². The van der Waals surface area contributed by atoms with Gasteiger partial charge in [0.15, 0.2) is 6.67 Å². The molecular weight excluding hydrogens is 113 g/mol. The second kappa shape index (κ2) is 1.71. The van der Waals surface area contributed by atoms with Gasteiger partial charge in [0.25, 0.3) is 0 Å². The predicted octanol–water partition coefficient (Wildman–Crippen LogP) is 1.25. The SMILES string of the molecule is [O]C(F)(Cl)CF. The molecule has 0 spiro atoms. The highest BCUT2D eigenvalue weighted by molar-refractivity contribution is 6.21. The topological polar surface area (TPSA) is 19.9 Å². The molecule has 0 aliphatic rings. The van der Waals surface area contributed by atoms with Crippen LogP contribution in [-0.2, 0) is 5.11 Å². The molecule has 4 heteroatoms. The van der Waals surface area contributed by atoms with Gasteiger partial charge in [-0.2, -0.15) is 9.50 Å². The molecule has 1 nitrogen and oxygen atoms in total. The smallest absolute Gasteiger partial charge is 0.243 e. The molecule has 0 N–H and O–H groups in total. The van der Waals surface area contributed by atoms with Gasteiger partial charge in [-0.25, -0.2) is 4.39 Å². The van der Waals surface area contributed by atoms with E-state index < -0.39 is 12.0 Å². The van der Waals surface area contributed by atoms with Crippen molar-refractivity contribution >= 4 is 11.6 Å². The fourth-order valence-corrected chi connectivity index (χ4v) is 0. The normalized spacial score (nSPS) is 20.0. The molecule has 0 saturated carbocycles. The molecule has 0 rings (SSSR count). The Bertz CT molecular complexity index is 41.3. The van der Waals surface area contributed by atoms with Crippen LogP contribution in [-0.4, -0.2) is 12.0 Å². The molecule has 1 radical (unpaired) electrons. The maximum atomic E-state index is 11.0. The summed E-state index contributed by atoms with van der Waals surface area (Å²) in [5.74, 6) is 0. The lowest BCUT2D eigenvalue weighted by Gasteiger charge is -1.96. The number of alkyl halides is 3. The molecular formula is C2H2ClF2O. The first kappa shape index (κ1) is 6.11. The van der Waals surface area contributed by atoms with E-state index in [0.717, 1.165) is 0 Å². The Morgan fingerprint density at radius 2 is 2.00 bits per heavy atom. The Kier molecular flexibility index (Phi) is 1.74. The maximum Gasteiger partial charge on any atom is 0.342 e. The molecule has 0 fully saturated rings. The van der Waals surface area contributed by atoms with Gasteiger partial charge in [-0.1, -0.05) is 0 Å². The van der Waals surface area contributed by atoms with Gasteiger partial charge in [0.2, 0.25) is 0 Å². The van der Waals surface area contributed by atoms with E-state index >= 15 is 0 Å². The van der Waals surface area contributed by atoms with Crippen LogP contribution in [0.2, 0.25) is 0 Å². The van der Waals surface area contributed by atoms with Crippen LogP contribution >= 0.6 is 11.6 Å². The lowest BCUT2D eigenvalue weighted by atomic mass is 10.8. The number of halogens is 3. The van der Waals surface area contributed by atoms with Crippen LogP contribution in [0.5, 0.6) is 0 Å². The van der Waals surface area contributed by atoms with E-state index in [1.54, 1.807) is 0 Å². The zero-order valence-corrected chi connectivity index (χ0v) is 3.51. The molecule has 37 valence electrons. The van der Waals surface area contributed by atoms with Gasteiger partial charge in [-0.05, 0) is 11.6 Å². The van der Waals surface area contributed by atoms with Gasteiger partial charge in [0, 0.05) is 0 Å². The van der Waals surface area contributed by atoms with Crippen molar-refractivity contribution < 1.29 is 13.9 Å². The van der Waals surface area contributed by atoms with Crippen molar-refractivity contribution in [2.75, 3.05) is 6.67 Å². The third-order valence-electron chi connectivity index (χ3n) is 0.156. The highest BCUT2D eigenvalue weighted by atomic mass is 35.5. The summed E-state index contributed by atoms with van der Waals surface area (Å²) in [6.45, 7) is -1.69. The summed E-state index contributed by atoms with van der Waals surface area (Å²) in [7, 11) is 0. The zero-order valence-electron chi connectivity index (χ0n) is 2.75. The molecule has 0 amide bonds. The Morgan fingerprint density at radius 3 is 2.00 bits per heavy atom. The maximum absolute atomic E-state index is 11.0. The minimum Gasteiger partial charge on any atom is -0.243 e. The van der Waals surface area contributed by atoms with Crippen molar-refractivity contribution in [2.24, 2.45) is 0 Å². The lowest BCUT2D eigenvalue weighted by Crippen LogP contribution is -2.11. The molecule has 6 heavy (non-hydrogen) atoms. The summed E-state index contributed by atoms with van der Waals surface area (Å²) < 4.78 is 21.6. The Morgan fingerprint density at radius 1 is 1.83 bits per heavy atom. The second-order valence-corrected chi connectivity index (χ2v) is 1.34. The molecule has 0 heterocycles. The zero-order chi connectivity index (χ0) is 5.21. The molecule has 0 aromatic heterocycles. The lowest BCUT2D eigenvalue weighted by molar-refractivity contribution is -0.0805. The largest absolute Gasteiger partial charge is 0.342 e. The molecule has 0 aliphatic carbocycles. The van der Waals surface area contributed by atoms with E-state index in [2.05, 4.69) is 11.6 Å². The first-order valence-electron chi connectivity index (χ1n) is 1.20. The first-order chi connectivity index (χ1) is 2.56. The van der Waals surface area contributed by atoms with Crippen molar-refractivity contribution in [1.82, 2.24) is 0 Å². The van der Waals surface area contributed by atoms with Gasteiger partial charge in [-0.15, -0.1) is 0 Å². The minimum absolute atomic E-state index is 1.69. The highest BCUT2D eigenvalue weighted by Crippen LogP contribution is 2.12. The Labute approximate surface area is 38.5 Å². The average molecular weight is 115 g/mol. The fourth-order valence-electron chi connectivity index (χ4n) is 0. The van der Waals surface area contributed by atoms with Crippen molar-refractivity contribution in [2.45, 2.75) is 5.31 Å². The van der Waals surface area contributed by atoms with Crippen LogP contribution in [0.4, 0.5) is 8.78 Å². The van der Waals surface area contributed by atoms with E-state index in [4.69, 9.17) is 0 Å². The van der Waals surface area contributed by atoms with Gasteiger partial charge in [-0.3, -0.25) is 0 Å². The molecule has 0 aromatic rings. The molecule has 1 unspecified atom stereocenters. The van der Waals surface area contributed by atoms with Gasteiger partial charge >= 0.3 is 5.31 Å². The third kappa shape index (κ3) is 4.11. The van der Waals surface area contributed by atoms with Crippen LogP contribution in [0.1, 0.15) is 0 Å². The number of hydrogen-bond donors (Lipinski definition) is 0. The third-order valence-corrected chi connectivity index (χ3v) is 0.257. The Balaban J connectivity index is 3.17. The summed E-state index contributed by atoms with van der Waals surface area (Å²) in [4.78, 5) is 0. The number of rotatable bonds is 1. The molecule has 1 atom stereocenters. The minimum atomic E-state index is -3.40. The predicted molar refractivity (Wildman–Crippen MR) is 16.4 cm³/mol. The highest BCUT2D eigenvalue weighted by Gasteiger charge is 2.22. The monoisotopic (exact) mass is 115 g/mol. The second-order valence-electron chi connectivity index (χ2n) is 0.771. The van der Waals surface area contributed by atoms with Crippen LogP contribution in [0.15, 0.2) is 0 Å². The fraction of sp³-hybridized carbons (Fsp3) is 1.00. The van der Waals surface area contributed by atoms with E-state index in [1.807, 2.05) is 0 Å². The molecule has 0 aromatic carbocycles. The average Bonchev–Trinajstić information content (AvgIpc) is 1.35. The number of hydrogen-bond acceptors (Lipinski definition) is 0. The van der Waals surface area contributed by atoms with Crippen molar-refractivity contribution in [1.29, 1.82) is 0 Å². The summed E-state index contributed by atoms with van der Waals surface area (Å²) >= 11 is 4.12. The summed E-state index contributed by atoms with van der Waals surface area (Å²) in [5.41, 5.74) is 0. The van der Waals surface area contributed by atoms with Crippen LogP contribution in [0.25, 0.3) is 0 Å². The van der Waals surface area contributed by atoms with Crippen molar-refractivity contribution in [3.05, 3.63) is 0 Å². The van der Waals surface area contributed by atoms with Gasteiger partial charge in [0.1, 0.15) is 0 Å². The van der Waals surface area contributed by atoms with Gasteiger partial charge in [0.05, 0.1) is 0 Å². The summed E-state index contributed by atoms with van der Waals surface area (Å²) in [6, 6.07) is 0. The first-order valence-corrected chi connectivity index (χ1v) is 1.58. The molecule has 0 bridgehead atoms. The van der Waals surface area contributed by atoms with Crippen LogP contribution in [0.3, 0.4) is 0 Å². The van der Waals surface area contributed by atoms with Crippen molar-refractivity contribution in [3.8, 4) is 0 Å². The summed E-state index contributed by atoms with van der Waals surface area (Å²) in [6.07, 6.45) is 0. The van der Waals surface area contributed by atoms with E-state index in [0.29, 0.717) is 0 Å². The van der Waals surface area contributed by atoms with E-state index in [9.17, 15) is 13.9 Å². The van der Waals surface area contributed by atoms with Crippen LogP contribution in [0, 0.1) is 0 Å². The van der Waals surface area contributed by atoms with Gasteiger partial charge < -0.3 is 0 Å². The molecule has 0 aliphatic heterocycles. The van der Waals surface area contributed by atoms with Crippen LogP contribution < -0.4 is 0 Å². The quantitative estimate of drug-likeness (QED) is 0.459. The van der Waals surface area contributed by atoms with E-state index in [1.165, 1.54) is 0 Å². The van der Waals surface area contributed by atoms with E-state index in [-0.39, 0.29) is 0 Å². The summed E-state index contributed by atoms with van der Waals surface area (Å²) in [5, 5.41) is 5.79. The Hall–Kier alpha value is 0.110.